The Morgan fingerprint density at radius 3 is 2.33 bits per heavy atom. The molecule has 0 saturated carbocycles. The molecule has 3 heteroatoms. The first-order valence-electron chi connectivity index (χ1n) is 6.31. The SMILES string of the molecule is CC(C)(C)NCc1ccc(Cn2ccnc2)cc1. The van der Waals surface area contributed by atoms with Gasteiger partial charge in [-0.15, -0.1) is 0 Å². The Labute approximate surface area is 109 Å². The molecule has 18 heavy (non-hydrogen) atoms. The summed E-state index contributed by atoms with van der Waals surface area (Å²) >= 11 is 0. The molecular weight excluding hydrogens is 222 g/mol. The van der Waals surface area contributed by atoms with Crippen LogP contribution in [0.15, 0.2) is 43.0 Å². The number of hydrogen-bond donors (Lipinski definition) is 1. The van der Waals surface area contributed by atoms with Crippen LogP contribution in [0.4, 0.5) is 0 Å². The van der Waals surface area contributed by atoms with E-state index in [4.69, 9.17) is 0 Å². The maximum Gasteiger partial charge on any atom is 0.0949 e. The summed E-state index contributed by atoms with van der Waals surface area (Å²) in [5, 5.41) is 3.49. The Balaban J connectivity index is 1.93. The van der Waals surface area contributed by atoms with Crippen LogP contribution in [0.1, 0.15) is 31.9 Å². The predicted molar refractivity (Wildman–Crippen MR) is 74.4 cm³/mol. The van der Waals surface area contributed by atoms with Gasteiger partial charge in [-0.05, 0) is 31.9 Å². The highest BCUT2D eigenvalue weighted by Gasteiger charge is 2.07. The van der Waals surface area contributed by atoms with E-state index < -0.39 is 0 Å². The van der Waals surface area contributed by atoms with E-state index in [1.54, 1.807) is 0 Å². The van der Waals surface area contributed by atoms with Gasteiger partial charge in [0.25, 0.3) is 0 Å². The van der Waals surface area contributed by atoms with Crippen molar-refractivity contribution in [1.29, 1.82) is 0 Å². The molecule has 1 aromatic heterocycles. The lowest BCUT2D eigenvalue weighted by Gasteiger charge is -2.20. The fourth-order valence-corrected chi connectivity index (χ4v) is 1.72. The van der Waals surface area contributed by atoms with Crippen LogP contribution in [0.2, 0.25) is 0 Å². The van der Waals surface area contributed by atoms with Gasteiger partial charge in [-0.25, -0.2) is 4.98 Å². The number of hydrogen-bond acceptors (Lipinski definition) is 2. The first kappa shape index (κ1) is 12.8. The van der Waals surface area contributed by atoms with E-state index in [9.17, 15) is 0 Å². The minimum Gasteiger partial charge on any atom is -0.333 e. The van der Waals surface area contributed by atoms with Gasteiger partial charge in [-0.1, -0.05) is 24.3 Å². The van der Waals surface area contributed by atoms with Crippen molar-refractivity contribution in [3.63, 3.8) is 0 Å². The Bertz CT molecular complexity index is 463. The van der Waals surface area contributed by atoms with E-state index in [1.165, 1.54) is 11.1 Å². The van der Waals surface area contributed by atoms with Crippen molar-refractivity contribution in [2.75, 3.05) is 0 Å². The van der Waals surface area contributed by atoms with Crippen molar-refractivity contribution in [3.8, 4) is 0 Å². The second-order valence-corrected chi connectivity index (χ2v) is 5.66. The summed E-state index contributed by atoms with van der Waals surface area (Å²) < 4.78 is 2.07. The second-order valence-electron chi connectivity index (χ2n) is 5.66. The molecule has 96 valence electrons. The van der Waals surface area contributed by atoms with E-state index >= 15 is 0 Å². The molecule has 1 aromatic carbocycles. The molecule has 0 saturated heterocycles. The molecule has 2 rings (SSSR count). The summed E-state index contributed by atoms with van der Waals surface area (Å²) in [5.41, 5.74) is 2.78. The first-order chi connectivity index (χ1) is 8.53. The molecule has 1 heterocycles. The van der Waals surface area contributed by atoms with E-state index in [1.807, 2.05) is 18.7 Å². The van der Waals surface area contributed by atoms with Crippen LogP contribution in [-0.4, -0.2) is 15.1 Å². The summed E-state index contributed by atoms with van der Waals surface area (Å²) in [4.78, 5) is 4.05. The van der Waals surface area contributed by atoms with Gasteiger partial charge in [0, 0.05) is 31.0 Å². The number of imidazole rings is 1. The number of rotatable bonds is 4. The molecule has 0 atom stereocenters. The molecule has 0 aliphatic heterocycles. The average Bonchev–Trinajstić information content (AvgIpc) is 2.80. The Morgan fingerprint density at radius 1 is 1.11 bits per heavy atom. The maximum atomic E-state index is 4.05. The lowest BCUT2D eigenvalue weighted by atomic mass is 10.1. The molecule has 0 aliphatic carbocycles. The van der Waals surface area contributed by atoms with Crippen molar-refractivity contribution < 1.29 is 0 Å². The Morgan fingerprint density at radius 2 is 1.78 bits per heavy atom. The summed E-state index contributed by atoms with van der Waals surface area (Å²) in [6.07, 6.45) is 5.63. The summed E-state index contributed by atoms with van der Waals surface area (Å²) in [6, 6.07) is 8.73. The fraction of sp³-hybridized carbons (Fsp3) is 0.400. The van der Waals surface area contributed by atoms with Crippen LogP contribution in [0.3, 0.4) is 0 Å². The van der Waals surface area contributed by atoms with E-state index in [0.29, 0.717) is 0 Å². The quantitative estimate of drug-likeness (QED) is 0.895. The van der Waals surface area contributed by atoms with Crippen LogP contribution in [0.25, 0.3) is 0 Å². The van der Waals surface area contributed by atoms with Gasteiger partial charge in [0.15, 0.2) is 0 Å². The lowest BCUT2D eigenvalue weighted by molar-refractivity contribution is 0.424. The number of nitrogens with one attached hydrogen (secondary N) is 1. The molecular formula is C15H21N3. The van der Waals surface area contributed by atoms with Gasteiger partial charge in [0.2, 0.25) is 0 Å². The Kier molecular flexibility index (Phi) is 3.82. The molecule has 0 fully saturated rings. The highest BCUT2D eigenvalue weighted by atomic mass is 15.0. The van der Waals surface area contributed by atoms with Crippen molar-refractivity contribution in [2.24, 2.45) is 0 Å². The lowest BCUT2D eigenvalue weighted by Crippen LogP contribution is -2.35. The molecule has 3 nitrogen and oxygen atoms in total. The smallest absolute Gasteiger partial charge is 0.0949 e. The molecule has 0 amide bonds. The topological polar surface area (TPSA) is 29.9 Å². The van der Waals surface area contributed by atoms with Gasteiger partial charge >= 0.3 is 0 Å². The predicted octanol–water partition coefficient (Wildman–Crippen LogP) is 2.82. The standard InChI is InChI=1S/C15H21N3/c1-15(2,3)17-10-13-4-6-14(7-5-13)11-18-9-8-16-12-18/h4-9,12,17H,10-11H2,1-3H3. The number of benzene rings is 1. The number of nitrogens with zero attached hydrogens (tertiary/aromatic N) is 2. The van der Waals surface area contributed by atoms with E-state index in [2.05, 4.69) is 59.9 Å². The van der Waals surface area contributed by atoms with Gasteiger partial charge in [0.1, 0.15) is 0 Å². The normalized spacial score (nSPS) is 11.7. The minimum absolute atomic E-state index is 0.162. The fourth-order valence-electron chi connectivity index (χ4n) is 1.72. The summed E-state index contributed by atoms with van der Waals surface area (Å²) in [6.45, 7) is 8.34. The van der Waals surface area contributed by atoms with Crippen molar-refractivity contribution in [1.82, 2.24) is 14.9 Å². The van der Waals surface area contributed by atoms with Gasteiger partial charge in [-0.2, -0.15) is 0 Å². The molecule has 0 bridgehead atoms. The molecule has 0 radical (unpaired) electrons. The zero-order chi connectivity index (χ0) is 13.0. The van der Waals surface area contributed by atoms with Crippen LogP contribution in [0, 0.1) is 0 Å². The molecule has 1 N–H and O–H groups in total. The highest BCUT2D eigenvalue weighted by molar-refractivity contribution is 5.22. The van der Waals surface area contributed by atoms with Crippen molar-refractivity contribution in [2.45, 2.75) is 39.4 Å². The molecule has 0 spiro atoms. The largest absolute Gasteiger partial charge is 0.333 e. The van der Waals surface area contributed by atoms with Gasteiger partial charge in [-0.3, -0.25) is 0 Å². The zero-order valence-electron chi connectivity index (χ0n) is 11.4. The molecule has 2 aromatic rings. The summed E-state index contributed by atoms with van der Waals surface area (Å²) in [5.74, 6) is 0. The third kappa shape index (κ3) is 4.00. The third-order valence-electron chi connectivity index (χ3n) is 2.77. The van der Waals surface area contributed by atoms with E-state index in [-0.39, 0.29) is 5.54 Å². The van der Waals surface area contributed by atoms with Gasteiger partial charge < -0.3 is 9.88 Å². The summed E-state index contributed by atoms with van der Waals surface area (Å²) in [7, 11) is 0. The Hall–Kier alpha value is -1.61. The molecule has 0 unspecified atom stereocenters. The van der Waals surface area contributed by atoms with E-state index in [0.717, 1.165) is 13.1 Å². The average molecular weight is 243 g/mol. The monoisotopic (exact) mass is 243 g/mol. The number of aromatic nitrogens is 2. The minimum atomic E-state index is 0.162. The van der Waals surface area contributed by atoms with Crippen LogP contribution in [0.5, 0.6) is 0 Å². The second kappa shape index (κ2) is 5.36. The first-order valence-corrected chi connectivity index (χ1v) is 6.31. The van der Waals surface area contributed by atoms with Crippen LogP contribution in [-0.2, 0) is 13.1 Å². The third-order valence-corrected chi connectivity index (χ3v) is 2.77. The maximum absolute atomic E-state index is 4.05. The van der Waals surface area contributed by atoms with Crippen LogP contribution < -0.4 is 5.32 Å². The van der Waals surface area contributed by atoms with Gasteiger partial charge in [0.05, 0.1) is 6.33 Å². The van der Waals surface area contributed by atoms with Crippen molar-refractivity contribution >= 4 is 0 Å². The zero-order valence-corrected chi connectivity index (χ0v) is 11.4. The van der Waals surface area contributed by atoms with Crippen molar-refractivity contribution in [3.05, 3.63) is 54.1 Å². The highest BCUT2D eigenvalue weighted by Crippen LogP contribution is 2.08. The molecule has 0 aliphatic rings. The van der Waals surface area contributed by atoms with Crippen LogP contribution >= 0.6 is 0 Å².